The molecule has 2 aromatic carbocycles. The topological polar surface area (TPSA) is 47.3 Å². The van der Waals surface area contributed by atoms with Crippen LogP contribution in [0.25, 0.3) is 23.2 Å². The van der Waals surface area contributed by atoms with Gasteiger partial charge in [-0.1, -0.05) is 59.4 Å². The van der Waals surface area contributed by atoms with Gasteiger partial charge < -0.3 is 0 Å². The van der Waals surface area contributed by atoms with Crippen molar-refractivity contribution in [2.75, 3.05) is 0 Å². The van der Waals surface area contributed by atoms with Gasteiger partial charge in [-0.2, -0.15) is 9.50 Å². The zero-order valence-electron chi connectivity index (χ0n) is 13.9. The first-order valence-electron chi connectivity index (χ1n) is 8.00. The van der Waals surface area contributed by atoms with Crippen molar-refractivity contribution in [3.63, 3.8) is 0 Å². The summed E-state index contributed by atoms with van der Waals surface area (Å²) >= 11 is 1.31. The van der Waals surface area contributed by atoms with Crippen LogP contribution in [-0.2, 0) is 0 Å². The van der Waals surface area contributed by atoms with Crippen molar-refractivity contribution in [2.24, 2.45) is 0 Å². The van der Waals surface area contributed by atoms with E-state index in [1.54, 1.807) is 24.3 Å². The molecule has 2 aromatic heterocycles. The Kier molecular flexibility index (Phi) is 4.18. The molecule has 4 rings (SSSR count). The minimum absolute atomic E-state index is 0.181. The van der Waals surface area contributed by atoms with Gasteiger partial charge in [-0.25, -0.2) is 4.39 Å². The van der Waals surface area contributed by atoms with Crippen LogP contribution >= 0.6 is 11.3 Å². The minimum atomic E-state index is -0.281. The maximum absolute atomic E-state index is 12.9. The van der Waals surface area contributed by atoms with Gasteiger partial charge in [0, 0.05) is 0 Å². The summed E-state index contributed by atoms with van der Waals surface area (Å²) in [6.07, 6.45) is 5.33. The summed E-state index contributed by atoms with van der Waals surface area (Å²) in [5.41, 5.74) is 2.79. The minimum Gasteiger partial charge on any atom is -0.266 e. The van der Waals surface area contributed by atoms with Gasteiger partial charge in [0.05, 0.1) is 4.53 Å². The number of aryl methyl sites for hydroxylation is 1. The van der Waals surface area contributed by atoms with Crippen LogP contribution in [0.5, 0.6) is 0 Å². The van der Waals surface area contributed by atoms with Crippen LogP contribution < -0.4 is 10.1 Å². The number of nitrogens with zero attached hydrogens (tertiary/aromatic N) is 3. The smallest absolute Gasteiger partial charge is 0.266 e. The SMILES string of the molecule is Cc1ccc(/C=c2/sc3nc(/C=C/c4ccc(F)cc4)nn3c2=O)cc1. The maximum Gasteiger partial charge on any atom is 0.291 e. The molecule has 0 aliphatic heterocycles. The standard InChI is InChI=1S/C20H14FN3OS/c1-13-2-4-15(5-3-13)12-17-19(25)24-20(26-17)22-18(23-24)11-8-14-6-9-16(21)10-7-14/h2-12H,1H3/b11-8+,17-12+. The molecular weight excluding hydrogens is 349 g/mol. The number of rotatable bonds is 3. The lowest BCUT2D eigenvalue weighted by Gasteiger charge is -1.92. The first kappa shape index (κ1) is 16.4. The third kappa shape index (κ3) is 3.32. The summed E-state index contributed by atoms with van der Waals surface area (Å²) in [6, 6.07) is 14.1. The quantitative estimate of drug-likeness (QED) is 0.561. The molecule has 0 saturated carbocycles. The average molecular weight is 363 g/mol. The van der Waals surface area contributed by atoms with Crippen LogP contribution in [0.3, 0.4) is 0 Å². The summed E-state index contributed by atoms with van der Waals surface area (Å²) < 4.78 is 14.8. The van der Waals surface area contributed by atoms with E-state index in [9.17, 15) is 9.18 Å². The highest BCUT2D eigenvalue weighted by Gasteiger charge is 2.08. The fourth-order valence-electron chi connectivity index (χ4n) is 2.48. The number of hydrogen-bond donors (Lipinski definition) is 0. The van der Waals surface area contributed by atoms with E-state index in [-0.39, 0.29) is 11.4 Å². The van der Waals surface area contributed by atoms with Gasteiger partial charge in [-0.05, 0) is 42.3 Å². The van der Waals surface area contributed by atoms with Crippen molar-refractivity contribution in [1.82, 2.24) is 14.6 Å². The first-order valence-corrected chi connectivity index (χ1v) is 8.82. The van der Waals surface area contributed by atoms with Gasteiger partial charge in [-0.3, -0.25) is 4.79 Å². The Labute approximate surface area is 152 Å². The molecule has 0 aliphatic carbocycles. The summed E-state index contributed by atoms with van der Waals surface area (Å²) in [6.45, 7) is 2.02. The van der Waals surface area contributed by atoms with E-state index in [1.807, 2.05) is 37.3 Å². The third-order valence-corrected chi connectivity index (χ3v) is 4.83. The molecule has 0 aliphatic rings. The molecule has 0 fully saturated rings. The van der Waals surface area contributed by atoms with Crippen molar-refractivity contribution in [3.8, 4) is 0 Å². The number of halogens is 1. The van der Waals surface area contributed by atoms with Crippen molar-refractivity contribution < 1.29 is 4.39 Å². The molecule has 0 bridgehead atoms. The number of aromatic nitrogens is 3. The molecule has 0 spiro atoms. The van der Waals surface area contributed by atoms with Gasteiger partial charge in [0.2, 0.25) is 4.96 Å². The van der Waals surface area contributed by atoms with Crippen molar-refractivity contribution in [3.05, 3.63) is 91.7 Å². The monoisotopic (exact) mass is 363 g/mol. The second-order valence-corrected chi connectivity index (χ2v) is 6.88. The second kappa shape index (κ2) is 6.65. The Balaban J connectivity index is 1.66. The number of hydrogen-bond acceptors (Lipinski definition) is 4. The van der Waals surface area contributed by atoms with E-state index in [4.69, 9.17) is 0 Å². The van der Waals surface area contributed by atoms with Gasteiger partial charge in [0.1, 0.15) is 5.82 Å². The van der Waals surface area contributed by atoms with Crippen molar-refractivity contribution in [1.29, 1.82) is 0 Å². The highest BCUT2D eigenvalue weighted by atomic mass is 32.1. The lowest BCUT2D eigenvalue weighted by atomic mass is 10.1. The number of benzene rings is 2. The molecule has 0 radical (unpaired) electrons. The Morgan fingerprint density at radius 1 is 1.00 bits per heavy atom. The molecule has 128 valence electrons. The van der Waals surface area contributed by atoms with E-state index in [2.05, 4.69) is 10.1 Å². The Bertz CT molecular complexity index is 1210. The molecule has 6 heteroatoms. The number of thiazole rings is 1. The van der Waals surface area contributed by atoms with Crippen LogP contribution in [0.4, 0.5) is 4.39 Å². The zero-order chi connectivity index (χ0) is 18.1. The average Bonchev–Trinajstić information content (AvgIpc) is 3.16. The first-order chi connectivity index (χ1) is 12.6. The summed E-state index contributed by atoms with van der Waals surface area (Å²) in [4.78, 5) is 17.4. The summed E-state index contributed by atoms with van der Waals surface area (Å²) in [5, 5.41) is 4.24. The molecule has 0 atom stereocenters. The fraction of sp³-hybridized carbons (Fsp3) is 0.0500. The highest BCUT2D eigenvalue weighted by molar-refractivity contribution is 7.15. The lowest BCUT2D eigenvalue weighted by molar-refractivity contribution is 0.628. The molecule has 4 nitrogen and oxygen atoms in total. The lowest BCUT2D eigenvalue weighted by Crippen LogP contribution is -2.23. The van der Waals surface area contributed by atoms with Gasteiger partial charge in [0.15, 0.2) is 5.82 Å². The predicted molar refractivity (Wildman–Crippen MR) is 102 cm³/mol. The Morgan fingerprint density at radius 2 is 1.69 bits per heavy atom. The van der Waals surface area contributed by atoms with Crippen LogP contribution in [0.15, 0.2) is 53.3 Å². The predicted octanol–water partition coefficient (Wildman–Crippen LogP) is 3.32. The van der Waals surface area contributed by atoms with Crippen LogP contribution in [0.2, 0.25) is 0 Å². The van der Waals surface area contributed by atoms with Crippen molar-refractivity contribution in [2.45, 2.75) is 6.92 Å². The Morgan fingerprint density at radius 3 is 2.38 bits per heavy atom. The Hall–Kier alpha value is -3.12. The van der Waals surface area contributed by atoms with E-state index in [1.165, 1.54) is 33.5 Å². The van der Waals surface area contributed by atoms with E-state index >= 15 is 0 Å². The normalized spacial score (nSPS) is 12.5. The molecule has 0 N–H and O–H groups in total. The van der Waals surface area contributed by atoms with Crippen LogP contribution in [0.1, 0.15) is 22.5 Å². The van der Waals surface area contributed by atoms with E-state index in [0.29, 0.717) is 15.3 Å². The second-order valence-electron chi connectivity index (χ2n) is 5.88. The zero-order valence-corrected chi connectivity index (χ0v) is 14.7. The number of fused-ring (bicyclic) bond motifs is 1. The molecule has 26 heavy (non-hydrogen) atoms. The fourth-order valence-corrected chi connectivity index (χ4v) is 3.39. The summed E-state index contributed by atoms with van der Waals surface area (Å²) in [7, 11) is 0. The largest absolute Gasteiger partial charge is 0.291 e. The van der Waals surface area contributed by atoms with E-state index in [0.717, 1.165) is 11.1 Å². The van der Waals surface area contributed by atoms with Gasteiger partial charge >= 0.3 is 0 Å². The summed E-state index contributed by atoms with van der Waals surface area (Å²) in [5.74, 6) is 0.163. The molecule has 0 amide bonds. The third-order valence-electron chi connectivity index (χ3n) is 3.87. The maximum atomic E-state index is 12.9. The van der Waals surface area contributed by atoms with Gasteiger partial charge in [-0.15, -0.1) is 5.10 Å². The molecular formula is C20H14FN3OS. The molecule has 0 saturated heterocycles. The van der Waals surface area contributed by atoms with Crippen LogP contribution in [-0.4, -0.2) is 14.6 Å². The molecule has 2 heterocycles. The van der Waals surface area contributed by atoms with Crippen molar-refractivity contribution >= 4 is 34.5 Å². The molecule has 0 unspecified atom stereocenters. The molecule has 4 aromatic rings. The van der Waals surface area contributed by atoms with Crippen LogP contribution in [0, 0.1) is 12.7 Å². The van der Waals surface area contributed by atoms with Gasteiger partial charge in [0.25, 0.3) is 5.56 Å². The highest BCUT2D eigenvalue weighted by Crippen LogP contribution is 2.09. The van der Waals surface area contributed by atoms with E-state index < -0.39 is 0 Å².